The molecule has 1 fully saturated rings. The molecule has 1 aliphatic rings. The Morgan fingerprint density at radius 1 is 1.10 bits per heavy atom. The molecule has 1 unspecified atom stereocenters. The lowest BCUT2D eigenvalue weighted by molar-refractivity contribution is -0.163. The second-order valence-corrected chi connectivity index (χ2v) is 12.2. The maximum atomic E-state index is 13.2. The van der Waals surface area contributed by atoms with Gasteiger partial charge in [0.05, 0.1) is 17.4 Å². The highest BCUT2D eigenvalue weighted by molar-refractivity contribution is 7.48. The average Bonchev–Trinajstić information content (AvgIpc) is 3.07. The number of hydrogen-bond acceptors (Lipinski definition) is 13. The highest BCUT2D eigenvalue weighted by Gasteiger charge is 2.56. The first-order chi connectivity index (χ1) is 17.8. The first-order valence-electron chi connectivity index (χ1n) is 11.6. The van der Waals surface area contributed by atoms with Crippen LogP contribution < -0.4 is 11.2 Å². The first-order valence-corrected chi connectivity index (χ1v) is 13.0. The highest BCUT2D eigenvalue weighted by atomic mass is 31.2. The molecule has 0 bridgehead atoms. The molecule has 2 rings (SSSR count). The lowest BCUT2D eigenvalue weighted by Crippen LogP contribution is -2.48. The highest BCUT2D eigenvalue weighted by Crippen LogP contribution is 2.50. The number of nitrogens with one attached hydrogen (secondary N) is 1. The summed E-state index contributed by atoms with van der Waals surface area (Å²) in [5.74, 6) is 0.560. The van der Waals surface area contributed by atoms with Crippen LogP contribution in [0.5, 0.6) is 0 Å². The van der Waals surface area contributed by atoms with Crippen LogP contribution in [-0.4, -0.2) is 69.7 Å². The molecular formula is C23H33N2O13P. The maximum absolute atomic E-state index is 13.2. The fourth-order valence-electron chi connectivity index (χ4n) is 2.95. The molecule has 0 spiro atoms. The van der Waals surface area contributed by atoms with Gasteiger partial charge in [-0.15, -0.1) is 6.42 Å². The Balaban J connectivity index is 2.19. The molecule has 15 nitrogen and oxygen atoms in total. The third-order valence-corrected chi connectivity index (χ3v) is 6.55. The molecule has 16 heteroatoms. The van der Waals surface area contributed by atoms with Gasteiger partial charge in [0.25, 0.3) is 5.56 Å². The van der Waals surface area contributed by atoms with Crippen LogP contribution in [-0.2, 0) is 41.9 Å². The Morgan fingerprint density at radius 2 is 1.62 bits per heavy atom. The van der Waals surface area contributed by atoms with Gasteiger partial charge in [-0.3, -0.25) is 28.5 Å². The number of aromatic amines is 1. The van der Waals surface area contributed by atoms with E-state index in [0.29, 0.717) is 0 Å². The Labute approximate surface area is 223 Å². The van der Waals surface area contributed by atoms with Gasteiger partial charge >= 0.3 is 25.5 Å². The van der Waals surface area contributed by atoms with Crippen molar-refractivity contribution in [1.29, 1.82) is 0 Å². The summed E-state index contributed by atoms with van der Waals surface area (Å²) in [7, 11) is -4.67. The molecule has 2 heterocycles. The van der Waals surface area contributed by atoms with Gasteiger partial charge in [0.2, 0.25) is 13.6 Å². The van der Waals surface area contributed by atoms with Crippen LogP contribution in [0.15, 0.2) is 21.9 Å². The summed E-state index contributed by atoms with van der Waals surface area (Å²) in [5, 5.41) is 21.5. The molecule has 0 aromatic carbocycles. The number of aliphatic hydroxyl groups is 2. The van der Waals surface area contributed by atoms with Crippen molar-refractivity contribution in [1.82, 2.24) is 9.55 Å². The number of carbonyl (C=O) groups excluding carboxylic acids is 2. The molecule has 39 heavy (non-hydrogen) atoms. The molecular weight excluding hydrogens is 543 g/mol. The predicted molar refractivity (Wildman–Crippen MR) is 132 cm³/mol. The molecule has 3 N–H and O–H groups in total. The second kappa shape index (κ2) is 12.1. The van der Waals surface area contributed by atoms with Crippen LogP contribution in [0.3, 0.4) is 0 Å². The van der Waals surface area contributed by atoms with Gasteiger partial charge in [0.15, 0.2) is 11.8 Å². The fourth-order valence-corrected chi connectivity index (χ4v) is 3.87. The first kappa shape index (κ1) is 32.4. The number of aliphatic hydroxyl groups excluding tert-OH is 1. The number of carbonyl (C=O) groups is 2. The molecule has 0 amide bonds. The molecule has 0 saturated carbocycles. The zero-order valence-corrected chi connectivity index (χ0v) is 23.3. The van der Waals surface area contributed by atoms with Crippen molar-refractivity contribution in [3.05, 3.63) is 33.1 Å². The number of nitrogens with zero attached hydrogens (tertiary/aromatic N) is 1. The molecule has 1 aromatic rings. The Kier molecular flexibility index (Phi) is 10.1. The van der Waals surface area contributed by atoms with E-state index < -0.39 is 86.1 Å². The Morgan fingerprint density at radius 3 is 2.05 bits per heavy atom. The van der Waals surface area contributed by atoms with Crippen molar-refractivity contribution in [2.24, 2.45) is 10.8 Å². The number of H-pyrrole nitrogens is 1. The van der Waals surface area contributed by atoms with Crippen molar-refractivity contribution in [3.8, 4) is 12.3 Å². The van der Waals surface area contributed by atoms with E-state index in [-0.39, 0.29) is 0 Å². The summed E-state index contributed by atoms with van der Waals surface area (Å²) in [6, 6.07) is 0.964. The van der Waals surface area contributed by atoms with Gasteiger partial charge in [0.1, 0.15) is 12.2 Å². The van der Waals surface area contributed by atoms with Gasteiger partial charge in [0, 0.05) is 12.3 Å². The lowest BCUT2D eigenvalue weighted by Gasteiger charge is -2.26. The summed E-state index contributed by atoms with van der Waals surface area (Å²) in [6.07, 6.45) is 1.31. The number of aromatic nitrogens is 2. The number of phosphoric acid groups is 1. The van der Waals surface area contributed by atoms with Crippen LogP contribution >= 0.6 is 7.82 Å². The summed E-state index contributed by atoms with van der Waals surface area (Å²) in [4.78, 5) is 49.6. The van der Waals surface area contributed by atoms with E-state index in [1.54, 1.807) is 41.5 Å². The third kappa shape index (κ3) is 8.09. The van der Waals surface area contributed by atoms with Crippen molar-refractivity contribution in [2.75, 3.05) is 20.2 Å². The van der Waals surface area contributed by atoms with Gasteiger partial charge in [-0.25, -0.2) is 18.4 Å². The smallest absolute Gasteiger partial charge is 0.437 e. The third-order valence-electron chi connectivity index (χ3n) is 5.24. The molecule has 1 aliphatic heterocycles. The van der Waals surface area contributed by atoms with Crippen molar-refractivity contribution in [2.45, 2.75) is 65.6 Å². The van der Waals surface area contributed by atoms with E-state index in [0.717, 1.165) is 16.8 Å². The Bertz CT molecular complexity index is 1220. The number of rotatable bonds is 10. The lowest BCUT2D eigenvalue weighted by atomic mass is 9.95. The number of phosphoric ester groups is 1. The number of terminal acetylenes is 1. The zero-order chi connectivity index (χ0) is 29.8. The SMILES string of the molecule is C#C[C@@]1(O)C(O)[C@@H](COP(=O)(OCOC(=O)C(C)(C)C)OCOC(=O)C(C)(C)C)O[C@H]1n1ccc(=O)[nH]c1=O. The van der Waals surface area contributed by atoms with E-state index in [4.69, 9.17) is 34.2 Å². The minimum Gasteiger partial charge on any atom is -0.437 e. The van der Waals surface area contributed by atoms with Crippen molar-refractivity contribution in [3.63, 3.8) is 0 Å². The number of ether oxygens (including phenoxy) is 3. The predicted octanol–water partition coefficient (Wildman–Crippen LogP) is 0.411. The normalized spacial score (nSPS) is 23.7. The standard InChI is InChI=1S/C23H33N2O13P/c1-8-23(31)16(27)14(38-17(23)25-10-9-15(26)24-20(25)30)11-35-39(32,36-12-33-18(28)21(2,3)4)37-13-34-19(29)22(5,6)7/h1,9-10,14,16-17,27,31H,11-13H2,2-7H3,(H,24,26,30)/t14-,16?,17-,23-/m1/s1. The molecule has 4 atom stereocenters. The minimum atomic E-state index is -4.67. The van der Waals surface area contributed by atoms with Crippen LogP contribution in [0.4, 0.5) is 0 Å². The van der Waals surface area contributed by atoms with E-state index in [2.05, 4.69) is 0 Å². The summed E-state index contributed by atoms with van der Waals surface area (Å²) < 4.78 is 44.6. The molecule has 1 saturated heterocycles. The molecule has 0 aliphatic carbocycles. The summed E-state index contributed by atoms with van der Waals surface area (Å²) in [5.41, 5.74) is -6.02. The molecule has 0 radical (unpaired) electrons. The fraction of sp³-hybridized carbons (Fsp3) is 0.652. The van der Waals surface area contributed by atoms with Gasteiger partial charge in [-0.2, -0.15) is 0 Å². The van der Waals surface area contributed by atoms with Crippen LogP contribution in [0.1, 0.15) is 47.8 Å². The zero-order valence-electron chi connectivity index (χ0n) is 22.4. The van der Waals surface area contributed by atoms with E-state index in [9.17, 15) is 34.0 Å². The Hall–Kier alpha value is -2.83. The maximum Gasteiger partial charge on any atom is 0.480 e. The quantitative estimate of drug-likeness (QED) is 0.150. The van der Waals surface area contributed by atoms with E-state index in [1.807, 2.05) is 10.9 Å². The van der Waals surface area contributed by atoms with Crippen molar-refractivity contribution >= 4 is 19.8 Å². The molecule has 218 valence electrons. The van der Waals surface area contributed by atoms with Crippen LogP contribution in [0.25, 0.3) is 0 Å². The number of esters is 2. The molecule has 1 aromatic heterocycles. The van der Waals surface area contributed by atoms with Gasteiger partial charge < -0.3 is 24.4 Å². The van der Waals surface area contributed by atoms with E-state index >= 15 is 0 Å². The summed E-state index contributed by atoms with van der Waals surface area (Å²) >= 11 is 0. The topological polar surface area (TPSA) is 202 Å². The largest absolute Gasteiger partial charge is 0.480 e. The minimum absolute atomic E-state index is 0.698. The van der Waals surface area contributed by atoms with E-state index in [1.165, 1.54) is 0 Å². The summed E-state index contributed by atoms with van der Waals surface area (Å²) in [6.45, 7) is 6.89. The van der Waals surface area contributed by atoms with Gasteiger partial charge in [-0.05, 0) is 41.5 Å². The van der Waals surface area contributed by atoms with Crippen LogP contribution in [0.2, 0.25) is 0 Å². The second-order valence-electron chi connectivity index (χ2n) is 10.6. The monoisotopic (exact) mass is 576 g/mol. The van der Waals surface area contributed by atoms with Crippen LogP contribution in [0, 0.1) is 23.2 Å². The van der Waals surface area contributed by atoms with Crippen molar-refractivity contribution < 1.29 is 52.1 Å². The van der Waals surface area contributed by atoms with Gasteiger partial charge in [-0.1, -0.05) is 5.92 Å². The number of hydrogen-bond donors (Lipinski definition) is 3. The average molecular weight is 576 g/mol.